The highest BCUT2D eigenvalue weighted by molar-refractivity contribution is 14.2. The molecule has 0 saturated carbocycles. The number of nitrogen functional groups attached to an aromatic ring is 1. The molecule has 35 heavy (non-hydrogen) atoms. The number of alkyl halides is 3. The predicted octanol–water partition coefficient (Wildman–Crippen LogP) is 4.35. The number of aromatic nitrogens is 3. The Balaban J connectivity index is 1.95. The monoisotopic (exact) mass is 626 g/mol. The molecule has 0 aliphatic carbocycles. The first kappa shape index (κ1) is 27.2. The van der Waals surface area contributed by atoms with Crippen LogP contribution < -0.4 is 16.0 Å². The highest BCUT2D eigenvalue weighted by atomic mass is 127. The number of nitrogens with two attached hydrogens (primary N) is 1. The minimum atomic E-state index is -4.45. The lowest BCUT2D eigenvalue weighted by Crippen LogP contribution is -2.50. The van der Waals surface area contributed by atoms with Crippen molar-refractivity contribution in [2.75, 3.05) is 48.7 Å². The summed E-state index contributed by atoms with van der Waals surface area (Å²) >= 11 is 2.13. The van der Waals surface area contributed by atoms with Crippen LogP contribution in [-0.2, 0) is 4.74 Å². The molecule has 1 aliphatic heterocycles. The van der Waals surface area contributed by atoms with Crippen molar-refractivity contribution in [3.63, 3.8) is 0 Å². The van der Waals surface area contributed by atoms with Gasteiger partial charge in [0.15, 0.2) is 0 Å². The Bertz CT molecular complexity index is 1080. The number of rotatable bonds is 6. The Kier molecular flexibility index (Phi) is 8.35. The molecular formula is C20H27F3IN8O2P. The van der Waals surface area contributed by atoms with Gasteiger partial charge in [-0.3, -0.25) is 0 Å². The van der Waals surface area contributed by atoms with Crippen LogP contribution >= 0.6 is 28.4 Å². The van der Waals surface area contributed by atoms with Crippen molar-refractivity contribution in [1.29, 1.82) is 5.41 Å². The van der Waals surface area contributed by atoms with Crippen LogP contribution in [0.1, 0.15) is 26.3 Å². The smallest absolute Gasteiger partial charge is 0.410 e. The summed E-state index contributed by atoms with van der Waals surface area (Å²) in [5.41, 5.74) is 6.75. The molecule has 192 valence electrons. The summed E-state index contributed by atoms with van der Waals surface area (Å²) in [5, 5.41) is 14.7. The number of ether oxygens (including phenoxy) is 1. The second kappa shape index (κ2) is 10.7. The number of nitrogens with one attached hydrogen (secondary N) is 2. The van der Waals surface area contributed by atoms with Gasteiger partial charge in [0.1, 0.15) is 23.7 Å². The van der Waals surface area contributed by atoms with E-state index in [9.17, 15) is 18.0 Å². The zero-order chi connectivity index (χ0) is 26.0. The second-order valence-corrected chi connectivity index (χ2v) is 10.9. The number of amides is 1. The van der Waals surface area contributed by atoms with E-state index in [2.05, 4.69) is 37.4 Å². The molecule has 10 nitrogen and oxygen atoms in total. The third kappa shape index (κ3) is 7.09. The summed E-state index contributed by atoms with van der Waals surface area (Å²) in [5.74, 6) is 0.317. The third-order valence-corrected chi connectivity index (χ3v) is 6.85. The Morgan fingerprint density at radius 1 is 1.31 bits per heavy atom. The number of pyridine rings is 1. The van der Waals surface area contributed by atoms with E-state index in [0.29, 0.717) is 43.4 Å². The first-order valence-electron chi connectivity index (χ1n) is 10.6. The van der Waals surface area contributed by atoms with Crippen LogP contribution in [0.15, 0.2) is 12.3 Å². The largest absolute Gasteiger partial charge is 0.444 e. The van der Waals surface area contributed by atoms with Gasteiger partial charge in [-0.2, -0.15) is 18.3 Å². The van der Waals surface area contributed by atoms with E-state index < -0.39 is 24.4 Å². The molecule has 4 N–H and O–H groups in total. The lowest BCUT2D eigenvalue weighted by molar-refractivity contribution is -0.115. The standard InChI is InChI=1S/C20H27F3IN8O2P/c1-19(2,3)34-18(33)31-6-4-30(5-7-31)17-12(9-25)14(27-11-20(21,22)23)8-15(28-17)16-13(26)10-32(29-16)35-24/h8-10,25,35H,4-7,11,26H2,1-3H3,(H,27,28). The summed E-state index contributed by atoms with van der Waals surface area (Å²) < 4.78 is 46.0. The highest BCUT2D eigenvalue weighted by Gasteiger charge is 2.30. The molecule has 0 radical (unpaired) electrons. The number of carbonyl (C=O) groups is 1. The molecule has 0 aromatic carbocycles. The van der Waals surface area contributed by atoms with Crippen molar-refractivity contribution < 1.29 is 22.7 Å². The summed E-state index contributed by atoms with van der Waals surface area (Å²) in [6.45, 7) is 5.45. The molecule has 2 aromatic heterocycles. The normalized spacial score (nSPS) is 15.1. The van der Waals surface area contributed by atoms with Gasteiger partial charge in [-0.1, -0.05) is 0 Å². The maximum absolute atomic E-state index is 13.0. The summed E-state index contributed by atoms with van der Waals surface area (Å²) in [7, 11) is 0. The molecule has 0 bridgehead atoms. The van der Waals surface area contributed by atoms with E-state index in [1.807, 2.05) is 4.90 Å². The van der Waals surface area contributed by atoms with Gasteiger partial charge < -0.3 is 31.0 Å². The van der Waals surface area contributed by atoms with E-state index >= 15 is 0 Å². The lowest BCUT2D eigenvalue weighted by Gasteiger charge is -2.37. The highest BCUT2D eigenvalue weighted by Crippen LogP contribution is 2.35. The molecule has 1 atom stereocenters. The maximum atomic E-state index is 13.0. The molecular weight excluding hydrogens is 599 g/mol. The zero-order valence-electron chi connectivity index (χ0n) is 19.4. The van der Waals surface area contributed by atoms with E-state index in [0.717, 1.165) is 6.21 Å². The SMILES string of the molecule is CC(C)(C)OC(=O)N1CCN(c2nc(-c3nn(PI)cc3N)cc(NCC(F)(F)F)c2C=N)CC1. The molecule has 2 aromatic rings. The molecule has 1 amide bonds. The molecule has 1 saturated heterocycles. The summed E-state index contributed by atoms with van der Waals surface area (Å²) in [4.78, 5) is 20.5. The lowest BCUT2D eigenvalue weighted by atomic mass is 10.1. The Morgan fingerprint density at radius 3 is 2.49 bits per heavy atom. The van der Waals surface area contributed by atoms with Crippen molar-refractivity contribution >= 4 is 57.9 Å². The van der Waals surface area contributed by atoms with Crippen LogP contribution in [0.2, 0.25) is 0 Å². The Labute approximate surface area is 215 Å². The van der Waals surface area contributed by atoms with Gasteiger partial charge >= 0.3 is 12.3 Å². The van der Waals surface area contributed by atoms with E-state index in [-0.39, 0.29) is 23.3 Å². The molecule has 1 fully saturated rings. The Hall–Kier alpha value is -2.35. The first-order chi connectivity index (χ1) is 16.3. The summed E-state index contributed by atoms with van der Waals surface area (Å²) in [6, 6.07) is 1.42. The zero-order valence-corrected chi connectivity index (χ0v) is 22.6. The third-order valence-electron chi connectivity index (χ3n) is 4.96. The van der Waals surface area contributed by atoms with E-state index in [4.69, 9.17) is 15.9 Å². The van der Waals surface area contributed by atoms with Gasteiger partial charge in [0.2, 0.25) is 0 Å². The van der Waals surface area contributed by atoms with Gasteiger partial charge in [-0.05, 0) is 48.9 Å². The quantitative estimate of drug-likeness (QED) is 0.248. The average Bonchev–Trinajstić information content (AvgIpc) is 3.16. The maximum Gasteiger partial charge on any atom is 0.410 e. The van der Waals surface area contributed by atoms with Crippen LogP contribution in [0.25, 0.3) is 11.4 Å². The number of piperazine rings is 1. The number of hydrogen-bond donors (Lipinski definition) is 3. The van der Waals surface area contributed by atoms with Crippen molar-refractivity contribution in [2.24, 2.45) is 0 Å². The van der Waals surface area contributed by atoms with Gasteiger partial charge in [0, 0.05) is 38.1 Å². The van der Waals surface area contributed by atoms with E-state index in [1.165, 1.54) is 6.07 Å². The van der Waals surface area contributed by atoms with Crippen LogP contribution in [0.3, 0.4) is 0 Å². The average molecular weight is 626 g/mol. The van der Waals surface area contributed by atoms with Gasteiger partial charge in [0.05, 0.1) is 29.5 Å². The number of anilines is 3. The first-order valence-corrected chi connectivity index (χ1v) is 14.7. The fraction of sp³-hybridized carbons (Fsp3) is 0.500. The molecule has 1 unspecified atom stereocenters. The number of carbonyl (C=O) groups excluding carboxylic acids is 1. The number of hydrogen-bond acceptors (Lipinski definition) is 8. The van der Waals surface area contributed by atoms with Crippen LogP contribution in [0.4, 0.5) is 35.2 Å². The molecule has 1 aliphatic rings. The fourth-order valence-electron chi connectivity index (χ4n) is 3.44. The van der Waals surface area contributed by atoms with Crippen molar-refractivity contribution in [3.05, 3.63) is 17.8 Å². The van der Waals surface area contributed by atoms with Crippen LogP contribution in [-0.4, -0.2) is 76.2 Å². The Morgan fingerprint density at radius 2 is 1.97 bits per heavy atom. The van der Waals surface area contributed by atoms with Gasteiger partial charge in [-0.15, -0.1) is 0 Å². The van der Waals surface area contributed by atoms with Crippen LogP contribution in [0, 0.1) is 5.41 Å². The van der Waals surface area contributed by atoms with E-state index in [1.54, 1.807) is 36.3 Å². The van der Waals surface area contributed by atoms with Crippen molar-refractivity contribution in [1.82, 2.24) is 19.4 Å². The summed E-state index contributed by atoms with van der Waals surface area (Å²) in [6.07, 6.45) is -2.00. The second-order valence-electron chi connectivity index (χ2n) is 8.82. The topological polar surface area (TPSA) is 125 Å². The molecule has 3 heterocycles. The fourth-order valence-corrected chi connectivity index (χ4v) is 4.51. The minimum absolute atomic E-state index is 0.0952. The molecule has 3 rings (SSSR count). The van der Waals surface area contributed by atoms with Gasteiger partial charge in [-0.25, -0.2) is 14.2 Å². The number of nitrogens with zero attached hydrogens (tertiary/aromatic N) is 5. The van der Waals surface area contributed by atoms with Crippen molar-refractivity contribution in [2.45, 2.75) is 32.5 Å². The molecule has 0 spiro atoms. The minimum Gasteiger partial charge on any atom is -0.444 e. The van der Waals surface area contributed by atoms with Crippen molar-refractivity contribution in [3.8, 4) is 11.4 Å². The van der Waals surface area contributed by atoms with Gasteiger partial charge in [0.25, 0.3) is 0 Å². The van der Waals surface area contributed by atoms with Crippen LogP contribution in [0.5, 0.6) is 0 Å². The number of halogens is 4. The molecule has 15 heteroatoms. The predicted molar refractivity (Wildman–Crippen MR) is 140 cm³/mol.